The van der Waals surface area contributed by atoms with Crippen LogP contribution in [0, 0.1) is 0 Å². The van der Waals surface area contributed by atoms with E-state index in [0.717, 1.165) is 51.0 Å². The molecule has 2 heterocycles. The van der Waals surface area contributed by atoms with E-state index in [0.29, 0.717) is 16.5 Å². The number of amides is 1. The second kappa shape index (κ2) is 6.15. The third-order valence-electron chi connectivity index (χ3n) is 4.70. The first kappa shape index (κ1) is 15.1. The molecule has 0 radical (unpaired) electrons. The number of benzene rings is 1. The molecular weight excluding hydrogens is 307 g/mol. The van der Waals surface area contributed by atoms with Crippen molar-refractivity contribution in [1.29, 1.82) is 0 Å². The van der Waals surface area contributed by atoms with Crippen LogP contribution < -0.4 is 5.32 Å². The number of likely N-dealkylation sites (tertiary alicyclic amines) is 1. The molecule has 1 unspecified atom stereocenters. The molecule has 0 spiro atoms. The zero-order valence-electron chi connectivity index (χ0n) is 12.0. The van der Waals surface area contributed by atoms with Crippen molar-refractivity contribution in [3.63, 3.8) is 0 Å². The van der Waals surface area contributed by atoms with Gasteiger partial charge in [0.05, 0.1) is 10.0 Å². The van der Waals surface area contributed by atoms with E-state index in [4.69, 9.17) is 23.2 Å². The number of piperidine rings is 1. The van der Waals surface area contributed by atoms with Gasteiger partial charge in [0.1, 0.15) is 0 Å². The molecule has 2 aliphatic rings. The standard InChI is InChI=1S/C16H20Cl2N2O/c17-13-4-3-12(9-14(13)18)16(5-1-6-19-11-16)10-15(21)20-7-2-8-20/h3-4,9,19H,1-2,5-8,10-11H2. The molecule has 114 valence electrons. The molecule has 1 atom stereocenters. The Morgan fingerprint density at radius 2 is 2.05 bits per heavy atom. The Morgan fingerprint density at radius 1 is 1.24 bits per heavy atom. The fraction of sp³-hybridized carbons (Fsp3) is 0.562. The zero-order chi connectivity index (χ0) is 14.9. The summed E-state index contributed by atoms with van der Waals surface area (Å²) in [5, 5.41) is 4.57. The number of hydrogen-bond donors (Lipinski definition) is 1. The molecule has 21 heavy (non-hydrogen) atoms. The molecule has 5 heteroatoms. The molecule has 0 saturated carbocycles. The van der Waals surface area contributed by atoms with Crippen molar-refractivity contribution in [1.82, 2.24) is 10.2 Å². The van der Waals surface area contributed by atoms with E-state index in [-0.39, 0.29) is 11.3 Å². The van der Waals surface area contributed by atoms with E-state index >= 15 is 0 Å². The van der Waals surface area contributed by atoms with Crippen molar-refractivity contribution in [3.05, 3.63) is 33.8 Å². The molecule has 3 nitrogen and oxygen atoms in total. The number of nitrogens with zero attached hydrogens (tertiary/aromatic N) is 1. The fourth-order valence-corrected chi connectivity index (χ4v) is 3.56. The van der Waals surface area contributed by atoms with E-state index < -0.39 is 0 Å². The highest BCUT2D eigenvalue weighted by atomic mass is 35.5. The van der Waals surface area contributed by atoms with Crippen LogP contribution in [0.2, 0.25) is 10.0 Å². The minimum absolute atomic E-state index is 0.154. The summed E-state index contributed by atoms with van der Waals surface area (Å²) in [5.41, 5.74) is 0.970. The Kier molecular flexibility index (Phi) is 4.43. The summed E-state index contributed by atoms with van der Waals surface area (Å²) in [6, 6.07) is 5.79. The van der Waals surface area contributed by atoms with Gasteiger partial charge in [0.25, 0.3) is 0 Å². The average Bonchev–Trinajstić information content (AvgIpc) is 2.40. The Hall–Kier alpha value is -0.770. The van der Waals surface area contributed by atoms with Gasteiger partial charge in [-0.3, -0.25) is 4.79 Å². The minimum atomic E-state index is -0.154. The maximum Gasteiger partial charge on any atom is 0.223 e. The van der Waals surface area contributed by atoms with Gasteiger partial charge >= 0.3 is 0 Å². The number of carbonyl (C=O) groups is 1. The van der Waals surface area contributed by atoms with Crippen molar-refractivity contribution in [3.8, 4) is 0 Å². The maximum absolute atomic E-state index is 12.5. The van der Waals surface area contributed by atoms with Gasteiger partial charge in [0, 0.05) is 31.5 Å². The molecule has 1 aromatic carbocycles. The second-order valence-electron chi connectivity index (χ2n) is 6.10. The first-order chi connectivity index (χ1) is 10.1. The van der Waals surface area contributed by atoms with Gasteiger partial charge in [0.15, 0.2) is 0 Å². The van der Waals surface area contributed by atoms with E-state index in [9.17, 15) is 4.79 Å². The van der Waals surface area contributed by atoms with Crippen LogP contribution >= 0.6 is 23.2 Å². The Bertz CT molecular complexity index is 537. The number of hydrogen-bond acceptors (Lipinski definition) is 2. The maximum atomic E-state index is 12.5. The lowest BCUT2D eigenvalue weighted by atomic mass is 9.72. The largest absolute Gasteiger partial charge is 0.343 e. The number of halogens is 2. The first-order valence-electron chi connectivity index (χ1n) is 7.55. The summed E-state index contributed by atoms with van der Waals surface area (Å²) in [4.78, 5) is 14.4. The smallest absolute Gasteiger partial charge is 0.223 e. The summed E-state index contributed by atoms with van der Waals surface area (Å²) < 4.78 is 0. The van der Waals surface area contributed by atoms with E-state index in [1.807, 2.05) is 23.1 Å². The predicted octanol–water partition coefficient (Wildman–Crippen LogP) is 3.24. The molecule has 1 N–H and O–H groups in total. The van der Waals surface area contributed by atoms with Gasteiger partial charge in [0.2, 0.25) is 5.91 Å². The normalized spacial score (nSPS) is 25.5. The van der Waals surface area contributed by atoms with Crippen molar-refractivity contribution in [2.45, 2.75) is 31.1 Å². The van der Waals surface area contributed by atoms with E-state index in [2.05, 4.69) is 5.32 Å². The lowest BCUT2D eigenvalue weighted by molar-refractivity contribution is -0.136. The lowest BCUT2D eigenvalue weighted by Crippen LogP contribution is -2.49. The van der Waals surface area contributed by atoms with Crippen LogP contribution in [0.4, 0.5) is 0 Å². The average molecular weight is 327 g/mol. The van der Waals surface area contributed by atoms with Crippen LogP contribution in [0.15, 0.2) is 18.2 Å². The van der Waals surface area contributed by atoms with Crippen LogP contribution in [-0.4, -0.2) is 37.0 Å². The molecular formula is C16H20Cl2N2O. The van der Waals surface area contributed by atoms with Crippen LogP contribution in [0.5, 0.6) is 0 Å². The monoisotopic (exact) mass is 326 g/mol. The Balaban J connectivity index is 1.87. The first-order valence-corrected chi connectivity index (χ1v) is 8.30. The molecule has 2 aliphatic heterocycles. The van der Waals surface area contributed by atoms with Crippen LogP contribution in [-0.2, 0) is 10.2 Å². The van der Waals surface area contributed by atoms with Crippen molar-refractivity contribution >= 4 is 29.1 Å². The van der Waals surface area contributed by atoms with Gasteiger partial charge in [-0.05, 0) is 43.5 Å². The topological polar surface area (TPSA) is 32.3 Å². The van der Waals surface area contributed by atoms with Crippen LogP contribution in [0.1, 0.15) is 31.2 Å². The highest BCUT2D eigenvalue weighted by Gasteiger charge is 2.38. The minimum Gasteiger partial charge on any atom is -0.343 e. The van der Waals surface area contributed by atoms with E-state index in [1.165, 1.54) is 0 Å². The number of nitrogens with one attached hydrogen (secondary N) is 1. The molecule has 2 fully saturated rings. The SMILES string of the molecule is O=C(CC1(c2ccc(Cl)c(Cl)c2)CCCNC1)N1CCC1. The lowest BCUT2D eigenvalue weighted by Gasteiger charge is -2.41. The van der Waals surface area contributed by atoms with Crippen molar-refractivity contribution in [2.75, 3.05) is 26.2 Å². The highest BCUT2D eigenvalue weighted by Crippen LogP contribution is 2.38. The van der Waals surface area contributed by atoms with Crippen molar-refractivity contribution in [2.24, 2.45) is 0 Å². The third-order valence-corrected chi connectivity index (χ3v) is 5.44. The quantitative estimate of drug-likeness (QED) is 0.924. The molecule has 0 bridgehead atoms. The summed E-state index contributed by atoms with van der Waals surface area (Å²) >= 11 is 12.2. The fourth-order valence-electron chi connectivity index (χ4n) is 3.26. The summed E-state index contributed by atoms with van der Waals surface area (Å²) in [7, 11) is 0. The number of carbonyl (C=O) groups excluding carboxylic acids is 1. The highest BCUT2D eigenvalue weighted by molar-refractivity contribution is 6.42. The molecule has 3 rings (SSSR count). The van der Waals surface area contributed by atoms with Crippen LogP contribution in [0.3, 0.4) is 0 Å². The van der Waals surface area contributed by atoms with E-state index in [1.54, 1.807) is 0 Å². The molecule has 0 aromatic heterocycles. The van der Waals surface area contributed by atoms with Gasteiger partial charge in [-0.2, -0.15) is 0 Å². The zero-order valence-corrected chi connectivity index (χ0v) is 13.5. The summed E-state index contributed by atoms with van der Waals surface area (Å²) in [6.45, 7) is 3.65. The van der Waals surface area contributed by atoms with Crippen molar-refractivity contribution < 1.29 is 4.79 Å². The number of rotatable bonds is 3. The van der Waals surface area contributed by atoms with Gasteiger partial charge in [-0.1, -0.05) is 29.3 Å². The van der Waals surface area contributed by atoms with Gasteiger partial charge < -0.3 is 10.2 Å². The molecule has 0 aliphatic carbocycles. The Labute approximate surface area is 135 Å². The second-order valence-corrected chi connectivity index (χ2v) is 6.92. The predicted molar refractivity (Wildman–Crippen MR) is 86.1 cm³/mol. The Morgan fingerprint density at radius 3 is 2.62 bits per heavy atom. The van der Waals surface area contributed by atoms with Gasteiger partial charge in [-0.25, -0.2) is 0 Å². The molecule has 1 amide bonds. The molecule has 1 aromatic rings. The molecule has 2 saturated heterocycles. The van der Waals surface area contributed by atoms with Crippen LogP contribution in [0.25, 0.3) is 0 Å². The summed E-state index contributed by atoms with van der Waals surface area (Å²) in [5.74, 6) is 0.260. The summed E-state index contributed by atoms with van der Waals surface area (Å²) in [6.07, 6.45) is 3.77. The third kappa shape index (κ3) is 3.05. The van der Waals surface area contributed by atoms with Gasteiger partial charge in [-0.15, -0.1) is 0 Å².